The van der Waals surface area contributed by atoms with Crippen molar-refractivity contribution in [2.75, 3.05) is 5.32 Å². The van der Waals surface area contributed by atoms with E-state index in [2.05, 4.69) is 10.3 Å². The van der Waals surface area contributed by atoms with Gasteiger partial charge in [0.2, 0.25) is 0 Å². The van der Waals surface area contributed by atoms with Crippen molar-refractivity contribution in [3.05, 3.63) is 71.2 Å². The molecule has 3 rings (SSSR count). The van der Waals surface area contributed by atoms with Crippen LogP contribution in [0.3, 0.4) is 0 Å². The second-order valence-electron chi connectivity index (χ2n) is 4.70. The van der Waals surface area contributed by atoms with Gasteiger partial charge >= 0.3 is 0 Å². The largest absolute Gasteiger partial charge is 0.489 e. The van der Waals surface area contributed by atoms with Crippen molar-refractivity contribution in [1.29, 1.82) is 0 Å². The van der Waals surface area contributed by atoms with Gasteiger partial charge in [-0.15, -0.1) is 22.9 Å². The maximum absolute atomic E-state index is 5.76. The maximum Gasteiger partial charge on any atom is 0.187 e. The molecule has 0 aliphatic heterocycles. The molecular weight excluding hydrogens is 316 g/mol. The van der Waals surface area contributed by atoms with E-state index in [1.807, 2.05) is 60.0 Å². The van der Waals surface area contributed by atoms with Crippen LogP contribution in [0.1, 0.15) is 11.3 Å². The van der Waals surface area contributed by atoms with Gasteiger partial charge in [0.1, 0.15) is 12.4 Å². The normalized spacial score (nSPS) is 10.4. The van der Waals surface area contributed by atoms with E-state index >= 15 is 0 Å². The predicted molar refractivity (Wildman–Crippen MR) is 92.2 cm³/mol. The molecule has 0 radical (unpaired) electrons. The molecule has 3 nitrogen and oxygen atoms in total. The number of ether oxygens (including phenoxy) is 1. The first-order chi connectivity index (χ1) is 10.8. The Morgan fingerprint density at radius 3 is 2.50 bits per heavy atom. The average Bonchev–Trinajstić information content (AvgIpc) is 3.03. The number of nitrogens with zero attached hydrogens (tertiary/aromatic N) is 1. The van der Waals surface area contributed by atoms with Crippen molar-refractivity contribution in [2.24, 2.45) is 0 Å². The van der Waals surface area contributed by atoms with Gasteiger partial charge in [0, 0.05) is 11.1 Å². The number of hydrogen-bond donors (Lipinski definition) is 1. The molecule has 0 fully saturated rings. The number of aromatic nitrogens is 1. The lowest BCUT2D eigenvalue weighted by molar-refractivity contribution is 0.306. The molecule has 1 aromatic heterocycles. The van der Waals surface area contributed by atoms with Crippen LogP contribution in [-0.2, 0) is 12.5 Å². The lowest BCUT2D eigenvalue weighted by atomic mass is 10.2. The third-order valence-corrected chi connectivity index (χ3v) is 4.12. The van der Waals surface area contributed by atoms with Crippen molar-refractivity contribution >= 4 is 33.8 Å². The monoisotopic (exact) mass is 330 g/mol. The van der Waals surface area contributed by atoms with Crippen molar-refractivity contribution in [2.45, 2.75) is 12.5 Å². The fourth-order valence-electron chi connectivity index (χ4n) is 1.92. The zero-order valence-corrected chi connectivity index (χ0v) is 13.4. The lowest BCUT2D eigenvalue weighted by Gasteiger charge is -2.07. The fourth-order valence-corrected chi connectivity index (χ4v) is 2.88. The first-order valence-corrected chi connectivity index (χ1v) is 8.29. The van der Waals surface area contributed by atoms with Crippen LogP contribution in [0.25, 0.3) is 0 Å². The van der Waals surface area contributed by atoms with Gasteiger partial charge < -0.3 is 10.1 Å². The van der Waals surface area contributed by atoms with E-state index in [0.717, 1.165) is 27.8 Å². The molecule has 3 aromatic rings. The van der Waals surface area contributed by atoms with Gasteiger partial charge in [-0.2, -0.15) is 0 Å². The summed E-state index contributed by atoms with van der Waals surface area (Å²) in [5.74, 6) is 1.28. The molecular formula is C17H15ClN2OS. The molecule has 2 aromatic carbocycles. The SMILES string of the molecule is ClCc1csc(Nc2ccc(OCc3ccccc3)cc2)n1. The Morgan fingerprint density at radius 2 is 1.82 bits per heavy atom. The van der Waals surface area contributed by atoms with E-state index in [9.17, 15) is 0 Å². The zero-order chi connectivity index (χ0) is 15.2. The molecule has 0 spiro atoms. The predicted octanol–water partition coefficient (Wildman–Crippen LogP) is 5.20. The molecule has 112 valence electrons. The van der Waals surface area contributed by atoms with Crippen molar-refractivity contribution in [3.63, 3.8) is 0 Å². The summed E-state index contributed by atoms with van der Waals surface area (Å²) in [5, 5.41) is 6.05. The molecule has 0 atom stereocenters. The van der Waals surface area contributed by atoms with Crippen LogP contribution < -0.4 is 10.1 Å². The summed E-state index contributed by atoms with van der Waals surface area (Å²) in [6.07, 6.45) is 0. The van der Waals surface area contributed by atoms with E-state index in [0.29, 0.717) is 12.5 Å². The molecule has 0 unspecified atom stereocenters. The first kappa shape index (κ1) is 14.9. The van der Waals surface area contributed by atoms with Crippen molar-refractivity contribution in [1.82, 2.24) is 4.98 Å². The van der Waals surface area contributed by atoms with Crippen LogP contribution in [0.15, 0.2) is 60.0 Å². The summed E-state index contributed by atoms with van der Waals surface area (Å²) in [4.78, 5) is 4.37. The standard InChI is InChI=1S/C17H15ClN2OS/c18-10-15-12-22-17(20-15)19-14-6-8-16(9-7-14)21-11-13-4-2-1-3-5-13/h1-9,12H,10-11H2,(H,19,20). The number of thiazole rings is 1. The van der Waals surface area contributed by atoms with Gasteiger partial charge in [-0.05, 0) is 29.8 Å². The van der Waals surface area contributed by atoms with Crippen LogP contribution in [0.2, 0.25) is 0 Å². The summed E-state index contributed by atoms with van der Waals surface area (Å²) in [5.41, 5.74) is 3.01. The number of alkyl halides is 1. The molecule has 0 aliphatic rings. The summed E-state index contributed by atoms with van der Waals surface area (Å²) in [6.45, 7) is 0.569. The van der Waals surface area contributed by atoms with E-state index in [-0.39, 0.29) is 0 Å². The highest BCUT2D eigenvalue weighted by Gasteiger charge is 2.02. The quantitative estimate of drug-likeness (QED) is 0.630. The second-order valence-corrected chi connectivity index (χ2v) is 5.83. The molecule has 22 heavy (non-hydrogen) atoms. The Bertz CT molecular complexity index is 713. The highest BCUT2D eigenvalue weighted by atomic mass is 35.5. The number of rotatable bonds is 6. The maximum atomic E-state index is 5.76. The molecule has 1 N–H and O–H groups in total. The number of benzene rings is 2. The highest BCUT2D eigenvalue weighted by molar-refractivity contribution is 7.13. The fraction of sp³-hybridized carbons (Fsp3) is 0.118. The first-order valence-electron chi connectivity index (χ1n) is 6.87. The summed E-state index contributed by atoms with van der Waals surface area (Å²) < 4.78 is 5.76. The van der Waals surface area contributed by atoms with Crippen LogP contribution in [-0.4, -0.2) is 4.98 Å². The number of halogens is 1. The van der Waals surface area contributed by atoms with E-state index in [1.54, 1.807) is 11.3 Å². The van der Waals surface area contributed by atoms with Gasteiger partial charge in [-0.3, -0.25) is 0 Å². The molecule has 0 amide bonds. The Labute approximate surface area is 138 Å². The van der Waals surface area contributed by atoms with Gasteiger partial charge in [-0.1, -0.05) is 30.3 Å². The summed E-state index contributed by atoms with van der Waals surface area (Å²) in [7, 11) is 0. The molecule has 1 heterocycles. The summed E-state index contributed by atoms with van der Waals surface area (Å²) in [6, 6.07) is 18.0. The van der Waals surface area contributed by atoms with Crippen LogP contribution in [0.5, 0.6) is 5.75 Å². The Morgan fingerprint density at radius 1 is 1.05 bits per heavy atom. The Kier molecular flexibility index (Phi) is 4.93. The smallest absolute Gasteiger partial charge is 0.187 e. The van der Waals surface area contributed by atoms with Gasteiger partial charge in [0.15, 0.2) is 5.13 Å². The zero-order valence-electron chi connectivity index (χ0n) is 11.8. The van der Waals surface area contributed by atoms with E-state index < -0.39 is 0 Å². The Balaban J connectivity index is 1.58. The number of hydrogen-bond acceptors (Lipinski definition) is 4. The molecule has 5 heteroatoms. The second kappa shape index (κ2) is 7.29. The number of nitrogens with one attached hydrogen (secondary N) is 1. The van der Waals surface area contributed by atoms with Crippen LogP contribution in [0, 0.1) is 0 Å². The van der Waals surface area contributed by atoms with Gasteiger partial charge in [0.25, 0.3) is 0 Å². The van der Waals surface area contributed by atoms with Crippen molar-refractivity contribution < 1.29 is 4.74 Å². The van der Waals surface area contributed by atoms with Crippen LogP contribution in [0.4, 0.5) is 10.8 Å². The third-order valence-electron chi connectivity index (χ3n) is 3.04. The minimum Gasteiger partial charge on any atom is -0.489 e. The number of anilines is 2. The van der Waals surface area contributed by atoms with Gasteiger partial charge in [-0.25, -0.2) is 4.98 Å². The minimum absolute atomic E-state index is 0.435. The highest BCUT2D eigenvalue weighted by Crippen LogP contribution is 2.23. The topological polar surface area (TPSA) is 34.1 Å². The van der Waals surface area contributed by atoms with E-state index in [1.165, 1.54) is 0 Å². The molecule has 0 aliphatic carbocycles. The minimum atomic E-state index is 0.435. The Hall–Kier alpha value is -2.04. The average molecular weight is 331 g/mol. The molecule has 0 bridgehead atoms. The third kappa shape index (κ3) is 4.00. The van der Waals surface area contributed by atoms with E-state index in [4.69, 9.17) is 16.3 Å². The van der Waals surface area contributed by atoms with Crippen molar-refractivity contribution in [3.8, 4) is 5.75 Å². The molecule has 0 saturated carbocycles. The summed E-state index contributed by atoms with van der Waals surface area (Å²) >= 11 is 7.29. The van der Waals surface area contributed by atoms with Gasteiger partial charge in [0.05, 0.1) is 11.6 Å². The lowest BCUT2D eigenvalue weighted by Crippen LogP contribution is -1.95. The molecule has 0 saturated heterocycles. The van der Waals surface area contributed by atoms with Crippen LogP contribution >= 0.6 is 22.9 Å².